The van der Waals surface area contributed by atoms with Gasteiger partial charge in [-0.2, -0.15) is 0 Å². The largest absolute Gasteiger partial charge is 0.493 e. The second kappa shape index (κ2) is 5.19. The van der Waals surface area contributed by atoms with Crippen LogP contribution >= 0.6 is 0 Å². The number of aliphatic carboxylic acids is 1. The molecular formula is C13H17NO3. The van der Waals surface area contributed by atoms with E-state index in [1.165, 1.54) is 11.1 Å². The Morgan fingerprint density at radius 1 is 1.53 bits per heavy atom. The van der Waals surface area contributed by atoms with Gasteiger partial charge >= 0.3 is 5.97 Å². The lowest BCUT2D eigenvalue weighted by molar-refractivity contribution is -0.137. The van der Waals surface area contributed by atoms with Gasteiger partial charge in [-0.25, -0.2) is 0 Å². The van der Waals surface area contributed by atoms with E-state index in [1.807, 2.05) is 24.1 Å². The van der Waals surface area contributed by atoms with Crippen molar-refractivity contribution in [3.8, 4) is 5.75 Å². The summed E-state index contributed by atoms with van der Waals surface area (Å²) in [5.74, 6) is 0.237. The molecule has 4 nitrogen and oxygen atoms in total. The molecule has 0 saturated carbocycles. The zero-order chi connectivity index (χ0) is 12.3. The summed E-state index contributed by atoms with van der Waals surface area (Å²) in [6.45, 7) is 2.12. The molecule has 1 N–H and O–H groups in total. The molecule has 4 heteroatoms. The van der Waals surface area contributed by atoms with E-state index in [9.17, 15) is 4.79 Å². The number of hydrogen-bond donors (Lipinski definition) is 1. The predicted molar refractivity (Wildman–Crippen MR) is 64.2 cm³/mol. The van der Waals surface area contributed by atoms with Crippen LogP contribution in [0.1, 0.15) is 17.5 Å². The highest BCUT2D eigenvalue weighted by molar-refractivity contribution is 5.66. The van der Waals surface area contributed by atoms with Gasteiger partial charge in [0.1, 0.15) is 5.75 Å². The van der Waals surface area contributed by atoms with Crippen molar-refractivity contribution < 1.29 is 14.6 Å². The number of ether oxygens (including phenoxy) is 1. The molecule has 0 bridgehead atoms. The Hall–Kier alpha value is -1.55. The van der Waals surface area contributed by atoms with Gasteiger partial charge in [-0.3, -0.25) is 4.79 Å². The first-order chi connectivity index (χ1) is 8.15. The van der Waals surface area contributed by atoms with Gasteiger partial charge in [0, 0.05) is 19.5 Å². The first kappa shape index (κ1) is 11.9. The van der Waals surface area contributed by atoms with Gasteiger partial charge in [-0.05, 0) is 24.2 Å². The van der Waals surface area contributed by atoms with E-state index in [0.717, 1.165) is 25.3 Å². The Balaban J connectivity index is 1.92. The van der Waals surface area contributed by atoms with Crippen molar-refractivity contribution in [1.82, 2.24) is 4.90 Å². The van der Waals surface area contributed by atoms with Gasteiger partial charge in [-0.1, -0.05) is 12.1 Å². The van der Waals surface area contributed by atoms with E-state index in [1.54, 1.807) is 0 Å². The van der Waals surface area contributed by atoms with E-state index >= 15 is 0 Å². The molecule has 1 aliphatic heterocycles. The number of benzene rings is 1. The van der Waals surface area contributed by atoms with Crippen molar-refractivity contribution in [2.75, 3.05) is 20.2 Å². The van der Waals surface area contributed by atoms with Crippen LogP contribution in [0.5, 0.6) is 5.75 Å². The van der Waals surface area contributed by atoms with Crippen LogP contribution in [0.2, 0.25) is 0 Å². The maximum atomic E-state index is 10.5. The van der Waals surface area contributed by atoms with Crippen LogP contribution in [0.4, 0.5) is 0 Å². The summed E-state index contributed by atoms with van der Waals surface area (Å²) in [5.41, 5.74) is 2.47. The Bertz CT molecular complexity index is 417. The molecule has 0 aliphatic carbocycles. The number of carbonyl (C=O) groups is 1. The second-order valence-corrected chi connectivity index (χ2v) is 4.42. The molecule has 0 radical (unpaired) electrons. The van der Waals surface area contributed by atoms with E-state index in [2.05, 4.69) is 6.07 Å². The predicted octanol–water partition coefficient (Wildman–Crippen LogP) is 1.53. The highest BCUT2D eigenvalue weighted by Gasteiger charge is 2.12. The summed E-state index contributed by atoms with van der Waals surface area (Å²) in [7, 11) is 1.94. The van der Waals surface area contributed by atoms with E-state index in [0.29, 0.717) is 6.54 Å². The lowest BCUT2D eigenvalue weighted by Gasteiger charge is -2.15. The molecule has 0 aromatic heterocycles. The minimum atomic E-state index is -0.751. The summed E-state index contributed by atoms with van der Waals surface area (Å²) in [6, 6.07) is 6.20. The Morgan fingerprint density at radius 2 is 2.35 bits per heavy atom. The molecule has 0 spiro atoms. The molecule has 1 aliphatic rings. The highest BCUT2D eigenvalue weighted by Crippen LogP contribution is 2.26. The topological polar surface area (TPSA) is 49.8 Å². The van der Waals surface area contributed by atoms with Gasteiger partial charge in [0.25, 0.3) is 0 Å². The fourth-order valence-corrected chi connectivity index (χ4v) is 2.02. The molecule has 0 fully saturated rings. The molecule has 0 amide bonds. The molecule has 0 saturated heterocycles. The van der Waals surface area contributed by atoms with Crippen LogP contribution in [0.3, 0.4) is 0 Å². The van der Waals surface area contributed by atoms with E-state index in [-0.39, 0.29) is 6.42 Å². The standard InChI is InChI=1S/C13H17NO3/c1-14(6-4-13(15)16)9-10-2-3-12-11(8-10)5-7-17-12/h2-3,8H,4-7,9H2,1H3,(H,15,16). The molecule has 0 atom stereocenters. The SMILES string of the molecule is CN(CCC(=O)O)Cc1ccc2c(c1)CCO2. The first-order valence-corrected chi connectivity index (χ1v) is 5.80. The fraction of sp³-hybridized carbons (Fsp3) is 0.462. The van der Waals surface area contributed by atoms with Crippen molar-refractivity contribution in [3.05, 3.63) is 29.3 Å². The maximum absolute atomic E-state index is 10.5. The van der Waals surface area contributed by atoms with Crippen LogP contribution in [0.25, 0.3) is 0 Å². The highest BCUT2D eigenvalue weighted by atomic mass is 16.5. The first-order valence-electron chi connectivity index (χ1n) is 5.80. The van der Waals surface area contributed by atoms with E-state index < -0.39 is 5.97 Å². The van der Waals surface area contributed by atoms with Crippen molar-refractivity contribution in [3.63, 3.8) is 0 Å². The molecule has 17 heavy (non-hydrogen) atoms. The average Bonchev–Trinajstić information content (AvgIpc) is 2.73. The Kier molecular flexibility index (Phi) is 3.64. The quantitative estimate of drug-likeness (QED) is 0.840. The smallest absolute Gasteiger partial charge is 0.304 e. The number of fused-ring (bicyclic) bond motifs is 1. The third-order valence-electron chi connectivity index (χ3n) is 2.91. The second-order valence-electron chi connectivity index (χ2n) is 4.42. The normalized spacial score (nSPS) is 13.5. The Labute approximate surface area is 101 Å². The molecule has 0 unspecified atom stereocenters. The van der Waals surface area contributed by atoms with Gasteiger partial charge in [0.05, 0.1) is 13.0 Å². The van der Waals surface area contributed by atoms with Crippen molar-refractivity contribution in [1.29, 1.82) is 0 Å². The zero-order valence-electron chi connectivity index (χ0n) is 9.98. The van der Waals surface area contributed by atoms with Crippen LogP contribution in [-0.4, -0.2) is 36.2 Å². The third-order valence-corrected chi connectivity index (χ3v) is 2.91. The Morgan fingerprint density at radius 3 is 3.12 bits per heavy atom. The number of nitrogens with zero attached hydrogens (tertiary/aromatic N) is 1. The number of carboxylic acid groups (broad SMARTS) is 1. The van der Waals surface area contributed by atoms with Crippen LogP contribution in [0.15, 0.2) is 18.2 Å². The number of rotatable bonds is 5. The monoisotopic (exact) mass is 235 g/mol. The van der Waals surface area contributed by atoms with Gasteiger partial charge in [0.2, 0.25) is 0 Å². The van der Waals surface area contributed by atoms with Crippen LogP contribution in [0, 0.1) is 0 Å². The maximum Gasteiger partial charge on any atom is 0.304 e. The molecule has 2 rings (SSSR count). The third kappa shape index (κ3) is 3.20. The molecular weight excluding hydrogens is 218 g/mol. The van der Waals surface area contributed by atoms with E-state index in [4.69, 9.17) is 9.84 Å². The van der Waals surface area contributed by atoms with Crippen molar-refractivity contribution >= 4 is 5.97 Å². The van der Waals surface area contributed by atoms with Gasteiger partial charge in [0.15, 0.2) is 0 Å². The van der Waals surface area contributed by atoms with Gasteiger partial charge in [-0.15, -0.1) is 0 Å². The van der Waals surface area contributed by atoms with Crippen molar-refractivity contribution in [2.45, 2.75) is 19.4 Å². The van der Waals surface area contributed by atoms with Crippen molar-refractivity contribution in [2.24, 2.45) is 0 Å². The lowest BCUT2D eigenvalue weighted by Crippen LogP contribution is -2.21. The number of hydrogen-bond acceptors (Lipinski definition) is 3. The summed E-state index contributed by atoms with van der Waals surface area (Å²) in [4.78, 5) is 12.5. The minimum Gasteiger partial charge on any atom is -0.493 e. The summed E-state index contributed by atoms with van der Waals surface area (Å²) in [5, 5.41) is 8.61. The summed E-state index contributed by atoms with van der Waals surface area (Å²) >= 11 is 0. The summed E-state index contributed by atoms with van der Waals surface area (Å²) in [6.07, 6.45) is 1.16. The van der Waals surface area contributed by atoms with Crippen LogP contribution in [-0.2, 0) is 17.8 Å². The molecule has 92 valence electrons. The average molecular weight is 235 g/mol. The lowest BCUT2D eigenvalue weighted by atomic mass is 10.1. The molecule has 1 heterocycles. The van der Waals surface area contributed by atoms with Gasteiger partial charge < -0.3 is 14.7 Å². The van der Waals surface area contributed by atoms with Crippen LogP contribution < -0.4 is 4.74 Å². The summed E-state index contributed by atoms with van der Waals surface area (Å²) < 4.78 is 5.45. The molecule has 1 aromatic carbocycles. The minimum absolute atomic E-state index is 0.185. The molecule has 1 aromatic rings. The number of carboxylic acids is 1. The zero-order valence-corrected chi connectivity index (χ0v) is 9.98. The fourth-order valence-electron chi connectivity index (χ4n) is 2.02.